The zero-order valence-corrected chi connectivity index (χ0v) is 5.37. The lowest BCUT2D eigenvalue weighted by Crippen LogP contribution is -1.92. The maximum atomic E-state index is 10.5. The molecule has 0 radical (unpaired) electrons. The van der Waals surface area contributed by atoms with Crippen LogP contribution in [0.3, 0.4) is 0 Å². The van der Waals surface area contributed by atoms with Crippen molar-refractivity contribution in [2.45, 2.75) is 0 Å². The first kappa shape index (κ1) is 5.96. The summed E-state index contributed by atoms with van der Waals surface area (Å²) in [7, 11) is 0. The van der Waals surface area contributed by atoms with E-state index >= 15 is 0 Å². The Balaban J connectivity index is 2.78. The molecule has 0 amide bonds. The lowest BCUT2D eigenvalue weighted by Gasteiger charge is -1.81. The second-order valence-electron chi connectivity index (χ2n) is 2.08. The van der Waals surface area contributed by atoms with E-state index in [0.717, 1.165) is 0 Å². The average molecular weight is 152 g/mol. The number of rotatable bonds is 1. The van der Waals surface area contributed by atoms with E-state index in [2.05, 4.69) is 14.7 Å². The Labute approximate surface area is 60.6 Å². The van der Waals surface area contributed by atoms with Crippen molar-refractivity contribution in [1.29, 1.82) is 0 Å². The topological polar surface area (TPSA) is 79.1 Å². The lowest BCUT2D eigenvalue weighted by atomic mass is 10.3. The van der Waals surface area contributed by atoms with Crippen molar-refractivity contribution in [3.05, 3.63) is 18.0 Å². The van der Waals surface area contributed by atoms with Crippen LogP contribution < -0.4 is 0 Å². The summed E-state index contributed by atoms with van der Waals surface area (Å²) in [6.07, 6.45) is 2.81. The number of nitrogens with zero attached hydrogens (tertiary/aromatic N) is 1. The van der Waals surface area contributed by atoms with Crippen LogP contribution in [0.4, 0.5) is 0 Å². The Morgan fingerprint density at radius 3 is 3.27 bits per heavy atom. The van der Waals surface area contributed by atoms with Gasteiger partial charge in [0, 0.05) is 6.20 Å². The van der Waals surface area contributed by atoms with Crippen LogP contribution in [-0.2, 0) is 0 Å². The molecule has 56 valence electrons. The summed E-state index contributed by atoms with van der Waals surface area (Å²) in [5.74, 6) is -1.02. The van der Waals surface area contributed by atoms with Crippen LogP contribution in [-0.4, -0.2) is 21.2 Å². The normalized spacial score (nSPS) is 10.5. The molecule has 2 N–H and O–H groups in total. The fourth-order valence-corrected chi connectivity index (χ4v) is 0.911. The van der Waals surface area contributed by atoms with E-state index in [4.69, 9.17) is 5.11 Å². The number of hydrogen-bond acceptors (Lipinski definition) is 3. The van der Waals surface area contributed by atoms with Crippen molar-refractivity contribution in [2.75, 3.05) is 0 Å². The van der Waals surface area contributed by atoms with Gasteiger partial charge in [-0.2, -0.15) is 0 Å². The summed E-state index contributed by atoms with van der Waals surface area (Å²) < 4.78 is 4.69. The summed E-state index contributed by atoms with van der Waals surface area (Å²) in [5, 5.41) is 12.0. The smallest absolute Gasteiger partial charge is 0.341 e. The molecule has 2 aromatic rings. The van der Waals surface area contributed by atoms with Crippen LogP contribution in [0.2, 0.25) is 0 Å². The van der Waals surface area contributed by atoms with Crippen molar-refractivity contribution in [3.8, 4) is 0 Å². The van der Waals surface area contributed by atoms with E-state index < -0.39 is 5.97 Å². The molecule has 5 nitrogen and oxygen atoms in total. The number of nitrogens with one attached hydrogen (secondary N) is 1. The van der Waals surface area contributed by atoms with Gasteiger partial charge in [-0.15, -0.1) is 0 Å². The van der Waals surface area contributed by atoms with Gasteiger partial charge in [-0.1, -0.05) is 5.16 Å². The van der Waals surface area contributed by atoms with E-state index in [1.807, 2.05) is 0 Å². The van der Waals surface area contributed by atoms with Crippen molar-refractivity contribution in [3.63, 3.8) is 0 Å². The van der Waals surface area contributed by atoms with Crippen molar-refractivity contribution in [2.24, 2.45) is 0 Å². The van der Waals surface area contributed by atoms with Crippen molar-refractivity contribution in [1.82, 2.24) is 10.1 Å². The Morgan fingerprint density at radius 1 is 1.73 bits per heavy atom. The van der Waals surface area contributed by atoms with Crippen LogP contribution in [0.5, 0.6) is 0 Å². The zero-order chi connectivity index (χ0) is 7.84. The molecule has 0 saturated carbocycles. The van der Waals surface area contributed by atoms with Crippen molar-refractivity contribution < 1.29 is 14.4 Å². The highest BCUT2D eigenvalue weighted by Crippen LogP contribution is 2.16. The molecular formula is C6H4N2O3. The number of aromatic carboxylic acids is 1. The third-order valence-corrected chi connectivity index (χ3v) is 1.42. The molecule has 5 heteroatoms. The predicted octanol–water partition coefficient (Wildman–Crippen LogP) is 0.854. The largest absolute Gasteiger partial charge is 0.477 e. The SMILES string of the molecule is O=C(O)c1c[nH]c2cnoc12. The monoisotopic (exact) mass is 152 g/mol. The minimum atomic E-state index is -1.02. The van der Waals surface area contributed by atoms with Gasteiger partial charge in [-0.25, -0.2) is 4.79 Å². The molecule has 0 atom stereocenters. The van der Waals surface area contributed by atoms with E-state index in [1.165, 1.54) is 12.4 Å². The summed E-state index contributed by atoms with van der Waals surface area (Å²) in [5.41, 5.74) is 0.998. The van der Waals surface area contributed by atoms with Crippen LogP contribution >= 0.6 is 0 Å². The summed E-state index contributed by atoms with van der Waals surface area (Å²) in [6.45, 7) is 0. The molecule has 0 unspecified atom stereocenters. The highest BCUT2D eigenvalue weighted by atomic mass is 16.5. The molecule has 0 aliphatic heterocycles. The number of hydrogen-bond donors (Lipinski definition) is 2. The molecule has 0 aliphatic carbocycles. The highest BCUT2D eigenvalue weighted by Gasteiger charge is 2.13. The van der Waals surface area contributed by atoms with Crippen LogP contribution in [0.15, 0.2) is 16.9 Å². The fourth-order valence-electron chi connectivity index (χ4n) is 0.911. The number of fused-ring (bicyclic) bond motifs is 1. The molecule has 2 aromatic heterocycles. The molecule has 11 heavy (non-hydrogen) atoms. The quantitative estimate of drug-likeness (QED) is 0.634. The molecule has 2 rings (SSSR count). The Morgan fingerprint density at radius 2 is 2.55 bits per heavy atom. The third-order valence-electron chi connectivity index (χ3n) is 1.42. The van der Waals surface area contributed by atoms with Gasteiger partial charge in [-0.3, -0.25) is 0 Å². The number of aromatic nitrogens is 2. The first-order valence-corrected chi connectivity index (χ1v) is 2.94. The van der Waals surface area contributed by atoms with Gasteiger partial charge in [0.15, 0.2) is 5.58 Å². The van der Waals surface area contributed by atoms with Gasteiger partial charge in [0.25, 0.3) is 0 Å². The Hall–Kier alpha value is -1.78. The van der Waals surface area contributed by atoms with Gasteiger partial charge < -0.3 is 14.6 Å². The first-order chi connectivity index (χ1) is 5.29. The predicted molar refractivity (Wildman–Crippen MR) is 35.3 cm³/mol. The number of carboxylic acids is 1. The van der Waals surface area contributed by atoms with Gasteiger partial charge >= 0.3 is 5.97 Å². The molecular weight excluding hydrogens is 148 g/mol. The number of aromatic amines is 1. The minimum Gasteiger partial charge on any atom is -0.477 e. The molecule has 2 heterocycles. The van der Waals surface area contributed by atoms with Crippen LogP contribution in [0.1, 0.15) is 10.4 Å². The first-order valence-electron chi connectivity index (χ1n) is 2.94. The summed E-state index contributed by atoms with van der Waals surface area (Å²) in [4.78, 5) is 13.2. The van der Waals surface area contributed by atoms with E-state index in [0.29, 0.717) is 5.52 Å². The van der Waals surface area contributed by atoms with Crippen LogP contribution in [0, 0.1) is 0 Å². The maximum absolute atomic E-state index is 10.5. The Kier molecular flexibility index (Phi) is 1.00. The standard InChI is InChI=1S/C6H4N2O3/c9-6(10)3-1-7-4-2-8-11-5(3)4/h1-2,7H,(H,9,10). The van der Waals surface area contributed by atoms with E-state index in [9.17, 15) is 4.79 Å². The van der Waals surface area contributed by atoms with Crippen LogP contribution in [0.25, 0.3) is 11.1 Å². The second-order valence-corrected chi connectivity index (χ2v) is 2.08. The molecule has 0 aromatic carbocycles. The number of carbonyl (C=O) groups is 1. The molecule has 0 aliphatic rings. The molecule has 0 saturated heterocycles. The number of carboxylic acid groups (broad SMARTS) is 1. The van der Waals surface area contributed by atoms with E-state index in [1.54, 1.807) is 0 Å². The van der Waals surface area contributed by atoms with Crippen molar-refractivity contribution >= 4 is 17.1 Å². The lowest BCUT2D eigenvalue weighted by molar-refractivity contribution is 0.0697. The maximum Gasteiger partial charge on any atom is 0.341 e. The number of H-pyrrole nitrogens is 1. The van der Waals surface area contributed by atoms with Gasteiger partial charge in [0.1, 0.15) is 11.1 Å². The summed E-state index contributed by atoms with van der Waals surface area (Å²) in [6, 6.07) is 0. The third kappa shape index (κ3) is 0.706. The zero-order valence-electron chi connectivity index (χ0n) is 5.37. The van der Waals surface area contributed by atoms with Gasteiger partial charge in [-0.05, 0) is 0 Å². The second kappa shape index (κ2) is 1.85. The average Bonchev–Trinajstić information content (AvgIpc) is 2.41. The minimum absolute atomic E-state index is 0.109. The van der Waals surface area contributed by atoms with Gasteiger partial charge in [0.2, 0.25) is 0 Å². The molecule has 0 fully saturated rings. The molecule has 0 bridgehead atoms. The fraction of sp³-hybridized carbons (Fsp3) is 0. The molecule has 0 spiro atoms. The summed E-state index contributed by atoms with van der Waals surface area (Å²) >= 11 is 0. The van der Waals surface area contributed by atoms with Gasteiger partial charge in [0.05, 0.1) is 6.20 Å². The Bertz CT molecular complexity index is 401. The van der Waals surface area contributed by atoms with E-state index in [-0.39, 0.29) is 11.1 Å². The highest BCUT2D eigenvalue weighted by molar-refractivity contribution is 6.00.